The summed E-state index contributed by atoms with van der Waals surface area (Å²) in [5.74, 6) is -1.53. The number of nitrogens with one attached hydrogen (secondary N) is 2. The van der Waals surface area contributed by atoms with Gasteiger partial charge in [0, 0.05) is 29.5 Å². The number of urea groups is 1. The summed E-state index contributed by atoms with van der Waals surface area (Å²) in [6, 6.07) is 6.99. The molecule has 144 valence electrons. The highest BCUT2D eigenvalue weighted by molar-refractivity contribution is 9.10. The summed E-state index contributed by atoms with van der Waals surface area (Å²) in [5, 5.41) is 12.7. The number of aromatic nitrogens is 1. The summed E-state index contributed by atoms with van der Waals surface area (Å²) >= 11 is 4.64. The Bertz CT molecular complexity index is 975. The molecule has 0 saturated carbocycles. The number of rotatable bonds is 4. The average molecular weight is 463 g/mol. The van der Waals surface area contributed by atoms with Crippen molar-refractivity contribution in [3.63, 3.8) is 0 Å². The number of carbonyl (C=O) groups excluding carboxylic acids is 3. The molecule has 4 amide bonds. The normalized spacial score (nSPS) is 16.1. The molecule has 0 spiro atoms. The van der Waals surface area contributed by atoms with Crippen molar-refractivity contribution in [2.45, 2.75) is 0 Å². The van der Waals surface area contributed by atoms with Gasteiger partial charge in [-0.2, -0.15) is 0 Å². The highest BCUT2D eigenvalue weighted by Gasteiger charge is 2.36. The Kier molecular flexibility index (Phi) is 5.66. The molecule has 2 heterocycles. The third-order valence-corrected chi connectivity index (χ3v) is 5.20. The van der Waals surface area contributed by atoms with E-state index in [-0.39, 0.29) is 18.1 Å². The van der Waals surface area contributed by atoms with Crippen LogP contribution in [0, 0.1) is 5.41 Å². The van der Waals surface area contributed by atoms with Crippen LogP contribution in [-0.4, -0.2) is 64.8 Å². The van der Waals surface area contributed by atoms with Gasteiger partial charge in [-0.25, -0.2) is 9.78 Å². The average Bonchev–Trinajstić information content (AvgIpc) is 3.13. The standard InChI is InChI=1S/C17H15BrN6O3S/c1-23-14(19)13(15(26)24(2)17(23)27)20-7-12(25)22-16-21-11(8-28-16)9-3-5-10(18)6-4-9/h3-6,8,19H,7H2,1-2H3,(H,21,22,25)/b19-14?,20-13-. The van der Waals surface area contributed by atoms with Gasteiger partial charge in [0.1, 0.15) is 6.54 Å². The molecule has 0 atom stereocenters. The van der Waals surface area contributed by atoms with Crippen molar-refractivity contribution in [2.24, 2.45) is 4.99 Å². The molecule has 2 N–H and O–H groups in total. The van der Waals surface area contributed by atoms with Gasteiger partial charge in [0.15, 0.2) is 16.7 Å². The van der Waals surface area contributed by atoms with E-state index in [1.165, 1.54) is 25.4 Å². The highest BCUT2D eigenvalue weighted by atomic mass is 79.9. The summed E-state index contributed by atoms with van der Waals surface area (Å²) in [7, 11) is 2.66. The highest BCUT2D eigenvalue weighted by Crippen LogP contribution is 2.26. The van der Waals surface area contributed by atoms with Gasteiger partial charge >= 0.3 is 6.03 Å². The molecule has 11 heteroatoms. The minimum Gasteiger partial charge on any atom is -0.300 e. The monoisotopic (exact) mass is 462 g/mol. The molecule has 1 aromatic heterocycles. The molecule has 1 aliphatic heterocycles. The number of hydrogen-bond acceptors (Lipinski definition) is 7. The van der Waals surface area contributed by atoms with Crippen molar-refractivity contribution in [1.29, 1.82) is 5.41 Å². The van der Waals surface area contributed by atoms with Gasteiger partial charge in [-0.1, -0.05) is 28.1 Å². The fraction of sp³-hybridized carbons (Fsp3) is 0.176. The molecule has 1 aliphatic rings. The molecule has 0 unspecified atom stereocenters. The first-order valence-corrected chi connectivity index (χ1v) is 9.65. The fourth-order valence-corrected chi connectivity index (χ4v) is 3.36. The zero-order chi connectivity index (χ0) is 20.4. The topological polar surface area (TPSA) is 119 Å². The summed E-state index contributed by atoms with van der Waals surface area (Å²) in [6.45, 7) is -0.369. The summed E-state index contributed by atoms with van der Waals surface area (Å²) in [6.07, 6.45) is 0. The van der Waals surface area contributed by atoms with Crippen LogP contribution < -0.4 is 5.32 Å². The number of benzene rings is 1. The van der Waals surface area contributed by atoms with Gasteiger partial charge in [-0.3, -0.25) is 29.8 Å². The van der Waals surface area contributed by atoms with E-state index in [1.54, 1.807) is 0 Å². The van der Waals surface area contributed by atoms with Crippen molar-refractivity contribution < 1.29 is 14.4 Å². The molecule has 0 bridgehead atoms. The van der Waals surface area contributed by atoms with Gasteiger partial charge in [0.2, 0.25) is 5.91 Å². The maximum Gasteiger partial charge on any atom is 0.332 e. The third kappa shape index (κ3) is 3.99. The van der Waals surface area contributed by atoms with Crippen LogP contribution in [0.15, 0.2) is 39.1 Å². The first kappa shape index (κ1) is 19.8. The Labute approximate surface area is 172 Å². The zero-order valence-electron chi connectivity index (χ0n) is 14.9. The molecule has 1 fully saturated rings. The lowest BCUT2D eigenvalue weighted by molar-refractivity contribution is -0.120. The number of thiazole rings is 1. The van der Waals surface area contributed by atoms with E-state index in [4.69, 9.17) is 5.41 Å². The number of imide groups is 1. The second-order valence-corrected chi connectivity index (χ2v) is 7.59. The van der Waals surface area contributed by atoms with Crippen molar-refractivity contribution in [2.75, 3.05) is 26.0 Å². The van der Waals surface area contributed by atoms with E-state index < -0.39 is 17.8 Å². The minimum atomic E-state index is -0.715. The molecule has 28 heavy (non-hydrogen) atoms. The molecular formula is C17H15BrN6O3S. The Morgan fingerprint density at radius 1 is 1.25 bits per heavy atom. The van der Waals surface area contributed by atoms with Gasteiger partial charge in [-0.15, -0.1) is 11.3 Å². The molecule has 9 nitrogen and oxygen atoms in total. The lowest BCUT2D eigenvalue weighted by atomic mass is 10.2. The van der Waals surface area contributed by atoms with Gasteiger partial charge in [0.05, 0.1) is 5.69 Å². The first-order chi connectivity index (χ1) is 13.3. The lowest BCUT2D eigenvalue weighted by Crippen LogP contribution is -2.57. The lowest BCUT2D eigenvalue weighted by Gasteiger charge is -2.29. The number of anilines is 1. The number of nitrogens with zero attached hydrogens (tertiary/aromatic N) is 4. The van der Waals surface area contributed by atoms with E-state index >= 15 is 0 Å². The molecule has 0 radical (unpaired) electrons. The Morgan fingerprint density at radius 2 is 1.93 bits per heavy atom. The van der Waals surface area contributed by atoms with Crippen molar-refractivity contribution in [3.05, 3.63) is 34.1 Å². The van der Waals surface area contributed by atoms with Crippen LogP contribution in [0.3, 0.4) is 0 Å². The molecule has 3 rings (SSSR count). The maximum atomic E-state index is 12.2. The predicted octanol–water partition coefficient (Wildman–Crippen LogP) is 2.45. The van der Waals surface area contributed by atoms with E-state index in [1.807, 2.05) is 29.6 Å². The first-order valence-electron chi connectivity index (χ1n) is 7.98. The number of halogens is 1. The van der Waals surface area contributed by atoms with E-state index in [0.29, 0.717) is 5.13 Å². The zero-order valence-corrected chi connectivity index (χ0v) is 17.3. The number of amides is 4. The molecule has 0 aliphatic carbocycles. The largest absolute Gasteiger partial charge is 0.332 e. The number of hydrogen-bond donors (Lipinski definition) is 2. The molecule has 1 saturated heterocycles. The third-order valence-electron chi connectivity index (χ3n) is 3.91. The molecule has 1 aromatic carbocycles. The second kappa shape index (κ2) is 7.98. The predicted molar refractivity (Wildman–Crippen MR) is 110 cm³/mol. The van der Waals surface area contributed by atoms with Crippen molar-refractivity contribution in [1.82, 2.24) is 14.8 Å². The fourth-order valence-electron chi connectivity index (χ4n) is 2.36. The van der Waals surface area contributed by atoms with Crippen LogP contribution in [0.4, 0.5) is 9.93 Å². The quantitative estimate of drug-likeness (QED) is 0.724. The van der Waals surface area contributed by atoms with Crippen molar-refractivity contribution >= 4 is 61.8 Å². The van der Waals surface area contributed by atoms with E-state index in [2.05, 4.69) is 31.2 Å². The summed E-state index contributed by atoms with van der Waals surface area (Å²) in [5.41, 5.74) is 1.40. The van der Waals surface area contributed by atoms with Crippen LogP contribution in [0.5, 0.6) is 0 Å². The SMILES string of the molecule is CN1C(=N)/C(=N/CC(=O)Nc2nc(-c3ccc(Br)cc3)cs2)C(=O)N(C)C1=O. The summed E-state index contributed by atoms with van der Waals surface area (Å²) in [4.78, 5) is 46.1. The Hall–Kier alpha value is -2.92. The van der Waals surface area contributed by atoms with E-state index in [9.17, 15) is 14.4 Å². The van der Waals surface area contributed by atoms with Gasteiger partial charge in [0.25, 0.3) is 5.91 Å². The van der Waals surface area contributed by atoms with E-state index in [0.717, 1.165) is 25.5 Å². The van der Waals surface area contributed by atoms with Gasteiger partial charge < -0.3 is 5.32 Å². The van der Waals surface area contributed by atoms with Crippen LogP contribution in [-0.2, 0) is 9.59 Å². The van der Waals surface area contributed by atoms with Gasteiger partial charge in [-0.05, 0) is 12.1 Å². The summed E-state index contributed by atoms with van der Waals surface area (Å²) < 4.78 is 0.958. The van der Waals surface area contributed by atoms with Crippen LogP contribution in [0.25, 0.3) is 11.3 Å². The Balaban J connectivity index is 1.67. The van der Waals surface area contributed by atoms with Crippen LogP contribution >= 0.6 is 27.3 Å². The minimum absolute atomic E-state index is 0.241. The smallest absolute Gasteiger partial charge is 0.300 e. The number of carbonyl (C=O) groups is 3. The maximum absolute atomic E-state index is 12.2. The second-order valence-electron chi connectivity index (χ2n) is 5.81. The Morgan fingerprint density at radius 3 is 2.61 bits per heavy atom. The number of aliphatic imine (C=N–C) groups is 1. The van der Waals surface area contributed by atoms with Crippen LogP contribution in [0.1, 0.15) is 0 Å². The molecular weight excluding hydrogens is 448 g/mol. The molecule has 2 aromatic rings. The van der Waals surface area contributed by atoms with Crippen molar-refractivity contribution in [3.8, 4) is 11.3 Å². The van der Waals surface area contributed by atoms with Crippen LogP contribution in [0.2, 0.25) is 0 Å². The number of amidine groups is 1.